The third kappa shape index (κ3) is 2.57. The summed E-state index contributed by atoms with van der Waals surface area (Å²) in [7, 11) is 0. The molecule has 16 heavy (non-hydrogen) atoms. The molecule has 0 saturated carbocycles. The fraction of sp³-hybridized carbons (Fsp3) is 0.417. The fourth-order valence-electron chi connectivity index (χ4n) is 1.80. The van der Waals surface area contributed by atoms with Crippen molar-refractivity contribution in [2.24, 2.45) is 0 Å². The van der Waals surface area contributed by atoms with Gasteiger partial charge < -0.3 is 5.32 Å². The van der Waals surface area contributed by atoms with Gasteiger partial charge in [0.25, 0.3) is 0 Å². The van der Waals surface area contributed by atoms with Crippen molar-refractivity contribution in [3.8, 4) is 6.07 Å². The van der Waals surface area contributed by atoms with E-state index in [1.54, 1.807) is 6.07 Å². The number of rotatable bonds is 2. The minimum absolute atomic E-state index is 0.387. The Bertz CT molecular complexity index is 445. The maximum atomic E-state index is 8.81. The molecule has 1 N–H and O–H groups in total. The normalized spacial score (nSPS) is 19.1. The zero-order chi connectivity index (χ0) is 11.4. The molecule has 0 radical (unpaired) electrons. The van der Waals surface area contributed by atoms with Crippen LogP contribution >= 0.6 is 0 Å². The molecular weight excluding hydrogens is 200 g/mol. The van der Waals surface area contributed by atoms with Gasteiger partial charge in [0.05, 0.1) is 0 Å². The van der Waals surface area contributed by atoms with Gasteiger partial charge in [0.1, 0.15) is 11.8 Å². The molecule has 1 aromatic heterocycles. The average molecular weight is 214 g/mol. The summed E-state index contributed by atoms with van der Waals surface area (Å²) in [6.45, 7) is 1.87. The summed E-state index contributed by atoms with van der Waals surface area (Å²) in [6, 6.07) is 4.11. The minimum Gasteiger partial charge on any atom is -0.351 e. The summed E-state index contributed by atoms with van der Waals surface area (Å²) in [5.41, 5.74) is 1.24. The Morgan fingerprint density at radius 2 is 2.31 bits per heavy atom. The van der Waals surface area contributed by atoms with Gasteiger partial charge in [0, 0.05) is 11.7 Å². The second kappa shape index (κ2) is 4.75. The number of nitriles is 1. The molecule has 1 aliphatic rings. The minimum atomic E-state index is 0.387. The van der Waals surface area contributed by atoms with Crippen LogP contribution < -0.4 is 5.32 Å². The average Bonchev–Trinajstić information content (AvgIpc) is 2.29. The highest BCUT2D eigenvalue weighted by Gasteiger charge is 2.11. The van der Waals surface area contributed by atoms with Crippen LogP contribution in [0.2, 0.25) is 0 Å². The summed E-state index contributed by atoms with van der Waals surface area (Å²) in [4.78, 5) is 8.42. The lowest BCUT2D eigenvalue weighted by Crippen LogP contribution is -2.22. The molecule has 1 heterocycles. The molecular formula is C12H14N4. The molecule has 2 rings (SSSR count). The number of anilines is 1. The second-order valence-corrected chi connectivity index (χ2v) is 3.96. The first-order chi connectivity index (χ1) is 7.78. The van der Waals surface area contributed by atoms with E-state index < -0.39 is 0 Å². The Hall–Kier alpha value is -1.89. The molecule has 0 saturated heterocycles. The van der Waals surface area contributed by atoms with Gasteiger partial charge in [-0.15, -0.1) is 0 Å². The number of aryl methyl sites for hydroxylation is 1. The highest BCUT2D eigenvalue weighted by atomic mass is 15.1. The third-order valence-corrected chi connectivity index (χ3v) is 2.57. The molecule has 0 aliphatic heterocycles. The fourth-order valence-corrected chi connectivity index (χ4v) is 1.80. The van der Waals surface area contributed by atoms with Crippen molar-refractivity contribution < 1.29 is 0 Å². The predicted molar refractivity (Wildman–Crippen MR) is 61.9 cm³/mol. The van der Waals surface area contributed by atoms with Crippen molar-refractivity contribution in [2.45, 2.75) is 32.2 Å². The largest absolute Gasteiger partial charge is 0.351 e. The molecule has 0 bridgehead atoms. The SMILES string of the molecule is Cc1cc(C#N)nc(NC2CC=CCC2)n1. The van der Waals surface area contributed by atoms with Gasteiger partial charge in [-0.3, -0.25) is 0 Å². The van der Waals surface area contributed by atoms with E-state index in [0.717, 1.165) is 25.0 Å². The number of hydrogen-bond acceptors (Lipinski definition) is 4. The van der Waals surface area contributed by atoms with E-state index >= 15 is 0 Å². The predicted octanol–water partition coefficient (Wildman–Crippen LogP) is 2.18. The van der Waals surface area contributed by atoms with Crippen LogP contribution in [0.1, 0.15) is 30.7 Å². The Labute approximate surface area is 95.0 Å². The molecule has 1 aliphatic carbocycles. The second-order valence-electron chi connectivity index (χ2n) is 3.96. The Kier molecular flexibility index (Phi) is 3.16. The molecule has 4 nitrogen and oxygen atoms in total. The van der Waals surface area contributed by atoms with E-state index in [4.69, 9.17) is 5.26 Å². The third-order valence-electron chi connectivity index (χ3n) is 2.57. The van der Waals surface area contributed by atoms with Crippen molar-refractivity contribution in [3.63, 3.8) is 0 Å². The van der Waals surface area contributed by atoms with Crippen molar-refractivity contribution in [2.75, 3.05) is 5.32 Å². The van der Waals surface area contributed by atoms with Crippen LogP contribution in [-0.4, -0.2) is 16.0 Å². The lowest BCUT2D eigenvalue weighted by atomic mass is 10.0. The molecule has 1 atom stereocenters. The Balaban J connectivity index is 2.12. The molecule has 0 spiro atoms. The lowest BCUT2D eigenvalue weighted by Gasteiger charge is -2.19. The summed E-state index contributed by atoms with van der Waals surface area (Å²) in [5.74, 6) is 0.567. The van der Waals surface area contributed by atoms with Crippen molar-refractivity contribution in [1.82, 2.24) is 9.97 Å². The summed E-state index contributed by atoms with van der Waals surface area (Å²) in [5, 5.41) is 12.1. The van der Waals surface area contributed by atoms with Gasteiger partial charge in [0.15, 0.2) is 0 Å². The maximum absolute atomic E-state index is 8.81. The smallest absolute Gasteiger partial charge is 0.224 e. The highest BCUT2D eigenvalue weighted by molar-refractivity contribution is 5.34. The van der Waals surface area contributed by atoms with E-state index in [1.807, 2.05) is 13.0 Å². The van der Waals surface area contributed by atoms with Crippen molar-refractivity contribution >= 4 is 5.95 Å². The quantitative estimate of drug-likeness (QED) is 0.766. The van der Waals surface area contributed by atoms with Crippen LogP contribution in [0.25, 0.3) is 0 Å². The first kappa shape index (κ1) is 10.6. The van der Waals surface area contributed by atoms with Gasteiger partial charge in [0.2, 0.25) is 5.95 Å². The zero-order valence-electron chi connectivity index (χ0n) is 9.27. The highest BCUT2D eigenvalue weighted by Crippen LogP contribution is 2.15. The summed E-state index contributed by atoms with van der Waals surface area (Å²) < 4.78 is 0. The molecule has 0 fully saturated rings. The number of nitrogens with one attached hydrogen (secondary N) is 1. The number of hydrogen-bond donors (Lipinski definition) is 1. The van der Waals surface area contributed by atoms with Gasteiger partial charge in [-0.1, -0.05) is 12.2 Å². The van der Waals surface area contributed by atoms with Crippen molar-refractivity contribution in [3.05, 3.63) is 29.6 Å². The maximum Gasteiger partial charge on any atom is 0.224 e. The van der Waals surface area contributed by atoms with E-state index in [-0.39, 0.29) is 0 Å². The van der Waals surface area contributed by atoms with E-state index in [9.17, 15) is 0 Å². The summed E-state index contributed by atoms with van der Waals surface area (Å²) in [6.07, 6.45) is 7.54. The molecule has 82 valence electrons. The molecule has 1 aromatic rings. The van der Waals surface area contributed by atoms with Crippen LogP contribution in [0, 0.1) is 18.3 Å². The first-order valence-corrected chi connectivity index (χ1v) is 5.45. The standard InChI is InChI=1S/C12H14N4/c1-9-7-11(8-13)16-12(14-9)15-10-5-3-2-4-6-10/h2-3,7,10H,4-6H2,1H3,(H,14,15,16). The Morgan fingerprint density at radius 3 is 3.00 bits per heavy atom. The van der Waals surface area contributed by atoms with Crippen LogP contribution in [0.3, 0.4) is 0 Å². The number of nitrogens with zero attached hydrogens (tertiary/aromatic N) is 3. The topological polar surface area (TPSA) is 61.6 Å². The van der Waals surface area contributed by atoms with Gasteiger partial charge >= 0.3 is 0 Å². The molecule has 0 amide bonds. The van der Waals surface area contributed by atoms with E-state index in [1.165, 1.54) is 0 Å². The van der Waals surface area contributed by atoms with E-state index in [2.05, 4.69) is 27.4 Å². The molecule has 4 heteroatoms. The van der Waals surface area contributed by atoms with E-state index in [0.29, 0.717) is 17.7 Å². The first-order valence-electron chi connectivity index (χ1n) is 5.45. The van der Waals surface area contributed by atoms with Gasteiger partial charge in [-0.25, -0.2) is 9.97 Å². The lowest BCUT2D eigenvalue weighted by molar-refractivity contribution is 0.638. The van der Waals surface area contributed by atoms with Gasteiger partial charge in [-0.2, -0.15) is 5.26 Å². The van der Waals surface area contributed by atoms with Crippen LogP contribution in [0.15, 0.2) is 18.2 Å². The van der Waals surface area contributed by atoms with Crippen LogP contribution in [0.5, 0.6) is 0 Å². The van der Waals surface area contributed by atoms with Crippen LogP contribution in [0.4, 0.5) is 5.95 Å². The number of allylic oxidation sites excluding steroid dienone is 1. The Morgan fingerprint density at radius 1 is 1.44 bits per heavy atom. The summed E-state index contributed by atoms with van der Waals surface area (Å²) >= 11 is 0. The monoisotopic (exact) mass is 214 g/mol. The van der Waals surface area contributed by atoms with Crippen molar-refractivity contribution in [1.29, 1.82) is 5.26 Å². The van der Waals surface area contributed by atoms with Gasteiger partial charge in [-0.05, 0) is 32.3 Å². The molecule has 1 unspecified atom stereocenters. The number of aromatic nitrogens is 2. The zero-order valence-corrected chi connectivity index (χ0v) is 9.27. The molecule has 0 aromatic carbocycles. The van der Waals surface area contributed by atoms with Crippen LogP contribution in [-0.2, 0) is 0 Å².